The first kappa shape index (κ1) is 17.1. The van der Waals surface area contributed by atoms with Gasteiger partial charge in [-0.15, -0.1) is 0 Å². The molecule has 3 N–H and O–H groups in total. The number of rotatable bonds is 6. The normalized spacial score (nSPS) is 21.7. The van der Waals surface area contributed by atoms with E-state index in [0.717, 1.165) is 19.4 Å². The van der Waals surface area contributed by atoms with Crippen LogP contribution in [0.4, 0.5) is 13.2 Å². The van der Waals surface area contributed by atoms with Crippen LogP contribution in [0.3, 0.4) is 0 Å². The van der Waals surface area contributed by atoms with E-state index in [1.54, 1.807) is 0 Å². The lowest BCUT2D eigenvalue weighted by Crippen LogP contribution is -2.34. The lowest BCUT2D eigenvalue weighted by atomic mass is 10.1. The summed E-state index contributed by atoms with van der Waals surface area (Å²) in [5.41, 5.74) is 5.72. The highest BCUT2D eigenvalue weighted by Gasteiger charge is 2.34. The van der Waals surface area contributed by atoms with Crippen molar-refractivity contribution < 1.29 is 13.2 Å². The SMILES string of the molecule is CC(C)CCNC(N)=NCC1CCN(CC(F)(F)F)C1. The van der Waals surface area contributed by atoms with Crippen LogP contribution in [0.1, 0.15) is 26.7 Å². The van der Waals surface area contributed by atoms with Crippen molar-refractivity contribution in [3.8, 4) is 0 Å². The summed E-state index contributed by atoms with van der Waals surface area (Å²) in [5.74, 6) is 1.16. The minimum Gasteiger partial charge on any atom is -0.370 e. The van der Waals surface area contributed by atoms with Gasteiger partial charge in [-0.05, 0) is 31.2 Å². The van der Waals surface area contributed by atoms with Crippen molar-refractivity contribution in [3.63, 3.8) is 0 Å². The van der Waals surface area contributed by atoms with Gasteiger partial charge in [0.2, 0.25) is 0 Å². The quantitative estimate of drug-likeness (QED) is 0.580. The van der Waals surface area contributed by atoms with Crippen molar-refractivity contribution >= 4 is 5.96 Å². The van der Waals surface area contributed by atoms with Crippen molar-refractivity contribution in [1.29, 1.82) is 0 Å². The van der Waals surface area contributed by atoms with Gasteiger partial charge in [0.25, 0.3) is 0 Å². The molecule has 1 aliphatic heterocycles. The van der Waals surface area contributed by atoms with E-state index in [0.29, 0.717) is 31.5 Å². The van der Waals surface area contributed by atoms with Crippen LogP contribution in [0.5, 0.6) is 0 Å². The lowest BCUT2D eigenvalue weighted by Gasteiger charge is -2.17. The molecule has 1 rings (SSSR count). The van der Waals surface area contributed by atoms with Crippen LogP contribution in [-0.4, -0.2) is 49.8 Å². The van der Waals surface area contributed by atoms with Crippen LogP contribution in [0, 0.1) is 11.8 Å². The summed E-state index contributed by atoms with van der Waals surface area (Å²) < 4.78 is 36.8. The molecule has 1 aliphatic rings. The number of hydrogen-bond acceptors (Lipinski definition) is 2. The van der Waals surface area contributed by atoms with E-state index < -0.39 is 12.7 Å². The number of alkyl halides is 3. The summed E-state index contributed by atoms with van der Waals surface area (Å²) in [6, 6.07) is 0. The second-order valence-corrected chi connectivity index (χ2v) is 5.84. The molecule has 0 radical (unpaired) electrons. The predicted molar refractivity (Wildman–Crippen MR) is 74.5 cm³/mol. The summed E-state index contributed by atoms with van der Waals surface area (Å²) >= 11 is 0. The molecule has 0 saturated carbocycles. The molecule has 7 heteroatoms. The average Bonchev–Trinajstić information content (AvgIpc) is 2.71. The summed E-state index contributed by atoms with van der Waals surface area (Å²) in [7, 11) is 0. The standard InChI is InChI=1S/C13H25F3N4/c1-10(2)3-5-18-12(17)19-7-11-4-6-20(8-11)9-13(14,15)16/h10-11H,3-9H2,1-2H3,(H3,17,18,19). The summed E-state index contributed by atoms with van der Waals surface area (Å²) in [6.07, 6.45) is -2.35. The summed E-state index contributed by atoms with van der Waals surface area (Å²) in [4.78, 5) is 5.64. The topological polar surface area (TPSA) is 53.6 Å². The molecular formula is C13H25F3N4. The first-order valence-electron chi connectivity index (χ1n) is 7.09. The third-order valence-electron chi connectivity index (χ3n) is 3.32. The molecule has 0 bridgehead atoms. The molecule has 0 aliphatic carbocycles. The zero-order chi connectivity index (χ0) is 15.2. The number of likely N-dealkylation sites (tertiary alicyclic amines) is 1. The third-order valence-corrected chi connectivity index (χ3v) is 3.32. The van der Waals surface area contributed by atoms with E-state index in [1.807, 2.05) is 0 Å². The highest BCUT2D eigenvalue weighted by molar-refractivity contribution is 5.77. The molecule has 0 aromatic heterocycles. The maximum atomic E-state index is 12.3. The van der Waals surface area contributed by atoms with Gasteiger partial charge < -0.3 is 11.1 Å². The largest absolute Gasteiger partial charge is 0.401 e. The summed E-state index contributed by atoms with van der Waals surface area (Å²) in [5, 5.41) is 3.02. The van der Waals surface area contributed by atoms with E-state index in [9.17, 15) is 13.2 Å². The Morgan fingerprint density at radius 3 is 2.75 bits per heavy atom. The molecule has 0 aromatic rings. The Morgan fingerprint density at radius 2 is 2.15 bits per heavy atom. The molecule has 0 amide bonds. The minimum absolute atomic E-state index is 0.169. The molecule has 1 atom stereocenters. The summed E-state index contributed by atoms with van der Waals surface area (Å²) in [6.45, 7) is 5.64. The van der Waals surface area contributed by atoms with Crippen molar-refractivity contribution in [2.75, 3.05) is 32.7 Å². The Morgan fingerprint density at radius 1 is 1.45 bits per heavy atom. The molecule has 0 aromatic carbocycles. The number of guanidine groups is 1. The van der Waals surface area contributed by atoms with Gasteiger partial charge in [-0.2, -0.15) is 13.2 Å². The Bertz CT molecular complexity index is 315. The van der Waals surface area contributed by atoms with E-state index in [-0.39, 0.29) is 5.92 Å². The first-order valence-corrected chi connectivity index (χ1v) is 7.09. The van der Waals surface area contributed by atoms with Crippen molar-refractivity contribution in [1.82, 2.24) is 10.2 Å². The highest BCUT2D eigenvalue weighted by atomic mass is 19.4. The van der Waals surface area contributed by atoms with Gasteiger partial charge in [0.1, 0.15) is 0 Å². The molecule has 118 valence electrons. The molecule has 4 nitrogen and oxygen atoms in total. The van der Waals surface area contributed by atoms with Crippen LogP contribution >= 0.6 is 0 Å². The van der Waals surface area contributed by atoms with E-state index in [1.165, 1.54) is 4.90 Å². The Hall–Kier alpha value is -0.980. The molecule has 0 spiro atoms. The maximum absolute atomic E-state index is 12.3. The van der Waals surface area contributed by atoms with Gasteiger partial charge >= 0.3 is 6.18 Å². The Kier molecular flexibility index (Phi) is 6.58. The molecule has 1 saturated heterocycles. The van der Waals surface area contributed by atoms with Crippen LogP contribution in [-0.2, 0) is 0 Å². The van der Waals surface area contributed by atoms with Crippen LogP contribution in [0.2, 0.25) is 0 Å². The number of hydrogen-bond donors (Lipinski definition) is 2. The smallest absolute Gasteiger partial charge is 0.370 e. The number of aliphatic imine (C=N–C) groups is 1. The Balaban J connectivity index is 2.22. The fourth-order valence-corrected chi connectivity index (χ4v) is 2.23. The monoisotopic (exact) mass is 294 g/mol. The zero-order valence-electron chi connectivity index (χ0n) is 12.2. The van der Waals surface area contributed by atoms with Gasteiger partial charge in [0, 0.05) is 19.6 Å². The van der Waals surface area contributed by atoms with Crippen LogP contribution in [0.15, 0.2) is 4.99 Å². The van der Waals surface area contributed by atoms with Crippen LogP contribution < -0.4 is 11.1 Å². The van der Waals surface area contributed by atoms with Gasteiger partial charge in [-0.1, -0.05) is 13.8 Å². The number of nitrogens with two attached hydrogens (primary N) is 1. The van der Waals surface area contributed by atoms with Crippen LogP contribution in [0.25, 0.3) is 0 Å². The van der Waals surface area contributed by atoms with Crippen molar-refractivity contribution in [2.45, 2.75) is 32.9 Å². The first-order chi connectivity index (χ1) is 9.26. The van der Waals surface area contributed by atoms with Gasteiger partial charge in [0.15, 0.2) is 5.96 Å². The molecule has 20 heavy (non-hydrogen) atoms. The second-order valence-electron chi connectivity index (χ2n) is 5.84. The molecular weight excluding hydrogens is 269 g/mol. The Labute approximate surface area is 118 Å². The third kappa shape index (κ3) is 7.57. The molecule has 1 fully saturated rings. The van der Waals surface area contributed by atoms with Gasteiger partial charge in [-0.3, -0.25) is 9.89 Å². The van der Waals surface area contributed by atoms with Crippen molar-refractivity contribution in [3.05, 3.63) is 0 Å². The fraction of sp³-hybridized carbons (Fsp3) is 0.923. The molecule has 1 heterocycles. The minimum atomic E-state index is -4.12. The zero-order valence-corrected chi connectivity index (χ0v) is 12.2. The number of nitrogens with zero attached hydrogens (tertiary/aromatic N) is 2. The number of halogens is 3. The highest BCUT2D eigenvalue weighted by Crippen LogP contribution is 2.22. The van der Waals surface area contributed by atoms with E-state index in [4.69, 9.17) is 5.73 Å². The van der Waals surface area contributed by atoms with Gasteiger partial charge in [-0.25, -0.2) is 0 Å². The van der Waals surface area contributed by atoms with Gasteiger partial charge in [0.05, 0.1) is 6.54 Å². The lowest BCUT2D eigenvalue weighted by molar-refractivity contribution is -0.143. The van der Waals surface area contributed by atoms with E-state index >= 15 is 0 Å². The average molecular weight is 294 g/mol. The predicted octanol–water partition coefficient (Wildman–Crippen LogP) is 1.82. The maximum Gasteiger partial charge on any atom is 0.401 e. The number of nitrogens with one attached hydrogen (secondary N) is 1. The fourth-order valence-electron chi connectivity index (χ4n) is 2.23. The second kappa shape index (κ2) is 7.71. The van der Waals surface area contributed by atoms with E-state index in [2.05, 4.69) is 24.2 Å². The van der Waals surface area contributed by atoms with Crippen molar-refractivity contribution in [2.24, 2.45) is 22.6 Å². The molecule has 1 unspecified atom stereocenters.